The minimum atomic E-state index is -2.43. The van der Waals surface area contributed by atoms with Crippen molar-refractivity contribution in [3.63, 3.8) is 0 Å². The number of carbonyl (C=O) groups is 1. The molecular weight excluding hydrogens is 385 g/mol. The first kappa shape index (κ1) is 19.3. The number of rotatable bonds is 3. The van der Waals surface area contributed by atoms with Gasteiger partial charge in [-0.25, -0.2) is 4.98 Å². The van der Waals surface area contributed by atoms with Gasteiger partial charge in [0.05, 0.1) is 0 Å². The normalized spacial score (nSPS) is 13.7. The van der Waals surface area contributed by atoms with Crippen molar-refractivity contribution in [1.82, 2.24) is 10.3 Å². The minimum absolute atomic E-state index is 0.0841. The number of nitrogen functional groups attached to an aromatic ring is 1. The fraction of sp³-hybridized carbons (Fsp3) is 0.182. The quantitative estimate of drug-likeness (QED) is 0.460. The van der Waals surface area contributed by atoms with E-state index in [2.05, 4.69) is 10.3 Å². The second-order valence-electron chi connectivity index (χ2n) is 7.77. The molecule has 2 aromatic carbocycles. The number of nitrogens with zero attached hydrogens (tertiary/aromatic N) is 1. The number of carbonyl (C=O) groups excluding carboxylic acids is 1. The van der Waals surface area contributed by atoms with Gasteiger partial charge in [-0.1, -0.05) is 36.4 Å². The van der Waals surface area contributed by atoms with Crippen molar-refractivity contribution in [3.05, 3.63) is 65.6 Å². The van der Waals surface area contributed by atoms with E-state index in [1.54, 1.807) is 24.3 Å². The molecule has 0 fully saturated rings. The molecule has 0 radical (unpaired) electrons. The zero-order valence-corrected chi connectivity index (χ0v) is 17.3. The summed E-state index contributed by atoms with van der Waals surface area (Å²) >= 11 is 0. The van der Waals surface area contributed by atoms with Gasteiger partial charge < -0.3 is 15.8 Å². The third-order valence-corrected chi connectivity index (χ3v) is 6.99. The van der Waals surface area contributed by atoms with E-state index < -0.39 is 14.3 Å². The molecule has 0 unspecified atom stereocenters. The Labute approximate surface area is 169 Å². The summed E-state index contributed by atoms with van der Waals surface area (Å²) in [5.41, 5.74) is 10.0. The molecule has 1 aromatic heterocycles. The number of amides is 1. The van der Waals surface area contributed by atoms with Crippen molar-refractivity contribution in [2.45, 2.75) is 19.5 Å². The summed E-state index contributed by atoms with van der Waals surface area (Å²) < 4.78 is 14.6. The molecule has 0 atom stereocenters. The van der Waals surface area contributed by atoms with E-state index in [1.807, 2.05) is 37.4 Å². The van der Waals surface area contributed by atoms with Gasteiger partial charge in [0.15, 0.2) is 0 Å². The van der Waals surface area contributed by atoms with Gasteiger partial charge in [0.25, 0.3) is 5.91 Å². The number of hydrogen-bond acceptors (Lipinski definition) is 4. The molecule has 0 spiro atoms. The standard InChI is InChI=1S/C22H22FN3O2Si/c1-29(2,28)16-6-3-13(4-7-16)18-12-19(21(24)26-20(18)23)14-5-8-17-15(11-14)9-10-25-22(17)27/h3-8,11-12,28H,9-10H2,1-2H3,(H2,24,26)(H,25,27). The fourth-order valence-electron chi connectivity index (χ4n) is 3.59. The zero-order valence-electron chi connectivity index (χ0n) is 16.3. The first-order chi connectivity index (χ1) is 13.7. The number of benzene rings is 2. The number of pyridine rings is 1. The van der Waals surface area contributed by atoms with Crippen LogP contribution >= 0.6 is 0 Å². The van der Waals surface area contributed by atoms with Crippen LogP contribution in [0.15, 0.2) is 48.5 Å². The number of anilines is 1. The molecule has 1 amide bonds. The zero-order chi connectivity index (χ0) is 20.8. The SMILES string of the molecule is C[Si](C)(O)c1ccc(-c2cc(-c3ccc4c(c3)CCNC4=O)c(N)nc2F)cc1. The second-order valence-corrected chi connectivity index (χ2v) is 11.5. The Morgan fingerprint density at radius 3 is 2.41 bits per heavy atom. The molecular formula is C22H22FN3O2Si. The number of hydrogen-bond donors (Lipinski definition) is 3. The molecule has 0 bridgehead atoms. The Kier molecular flexibility index (Phi) is 4.72. The number of aromatic nitrogens is 1. The molecule has 5 nitrogen and oxygen atoms in total. The van der Waals surface area contributed by atoms with Crippen LogP contribution in [0.3, 0.4) is 0 Å². The van der Waals surface area contributed by atoms with Crippen molar-refractivity contribution in [1.29, 1.82) is 0 Å². The molecule has 1 aliphatic rings. The van der Waals surface area contributed by atoms with Crippen LogP contribution in [-0.2, 0) is 6.42 Å². The fourth-order valence-corrected chi connectivity index (χ4v) is 4.57. The third-order valence-electron chi connectivity index (χ3n) is 5.25. The van der Waals surface area contributed by atoms with Gasteiger partial charge in [0.2, 0.25) is 14.3 Å². The van der Waals surface area contributed by atoms with Gasteiger partial charge in [0, 0.05) is 23.2 Å². The molecule has 3 aromatic rings. The monoisotopic (exact) mass is 407 g/mol. The first-order valence-electron chi connectivity index (χ1n) is 9.45. The van der Waals surface area contributed by atoms with Crippen LogP contribution in [-0.4, -0.2) is 30.5 Å². The van der Waals surface area contributed by atoms with Gasteiger partial charge in [-0.15, -0.1) is 0 Å². The highest BCUT2D eigenvalue weighted by Crippen LogP contribution is 2.33. The topological polar surface area (TPSA) is 88.2 Å². The molecule has 4 rings (SSSR count). The van der Waals surface area contributed by atoms with Crippen molar-refractivity contribution in [3.8, 4) is 22.3 Å². The second kappa shape index (κ2) is 7.09. The molecule has 0 aliphatic carbocycles. The molecule has 0 saturated carbocycles. The molecule has 2 heterocycles. The maximum atomic E-state index is 14.6. The highest BCUT2D eigenvalue weighted by molar-refractivity contribution is 6.83. The van der Waals surface area contributed by atoms with E-state index >= 15 is 0 Å². The number of nitrogens with one attached hydrogen (secondary N) is 1. The van der Waals surface area contributed by atoms with Crippen LogP contribution in [0.25, 0.3) is 22.3 Å². The lowest BCUT2D eigenvalue weighted by atomic mass is 9.94. The largest absolute Gasteiger partial charge is 0.428 e. The molecule has 29 heavy (non-hydrogen) atoms. The lowest BCUT2D eigenvalue weighted by molar-refractivity contribution is 0.0946. The highest BCUT2D eigenvalue weighted by atomic mass is 28.4. The number of halogens is 1. The summed E-state index contributed by atoms with van der Waals surface area (Å²) in [6.45, 7) is 4.26. The highest BCUT2D eigenvalue weighted by Gasteiger charge is 2.21. The molecule has 1 aliphatic heterocycles. The Hall–Kier alpha value is -3.03. The summed E-state index contributed by atoms with van der Waals surface area (Å²) in [5.74, 6) is -0.622. The average molecular weight is 408 g/mol. The average Bonchev–Trinajstić information content (AvgIpc) is 2.67. The third kappa shape index (κ3) is 3.66. The summed E-state index contributed by atoms with van der Waals surface area (Å²) in [4.78, 5) is 26.1. The lowest BCUT2D eigenvalue weighted by Crippen LogP contribution is -2.41. The van der Waals surface area contributed by atoms with Gasteiger partial charge in [-0.05, 0) is 53.5 Å². The number of nitrogens with two attached hydrogens (primary N) is 1. The predicted octanol–water partition coefficient (Wildman–Crippen LogP) is 2.83. The van der Waals surface area contributed by atoms with E-state index in [0.717, 1.165) is 22.7 Å². The Bertz CT molecular complexity index is 1110. The van der Waals surface area contributed by atoms with Crippen LogP contribution in [0.4, 0.5) is 10.2 Å². The minimum Gasteiger partial charge on any atom is -0.428 e. The summed E-state index contributed by atoms with van der Waals surface area (Å²) in [7, 11) is -2.43. The van der Waals surface area contributed by atoms with E-state index in [9.17, 15) is 14.0 Å². The van der Waals surface area contributed by atoms with Crippen molar-refractivity contribution in [2.24, 2.45) is 0 Å². The van der Waals surface area contributed by atoms with Crippen LogP contribution in [0.2, 0.25) is 13.1 Å². The van der Waals surface area contributed by atoms with Crippen LogP contribution in [0.1, 0.15) is 15.9 Å². The van der Waals surface area contributed by atoms with Crippen LogP contribution < -0.4 is 16.2 Å². The van der Waals surface area contributed by atoms with E-state index in [1.165, 1.54) is 0 Å². The van der Waals surface area contributed by atoms with Crippen molar-refractivity contribution in [2.75, 3.05) is 12.3 Å². The molecule has 148 valence electrons. The maximum absolute atomic E-state index is 14.6. The van der Waals surface area contributed by atoms with Gasteiger partial charge in [-0.2, -0.15) is 4.39 Å². The Morgan fingerprint density at radius 1 is 1.03 bits per heavy atom. The molecule has 4 N–H and O–H groups in total. The molecule has 7 heteroatoms. The lowest BCUT2D eigenvalue weighted by Gasteiger charge is -2.18. The summed E-state index contributed by atoms with van der Waals surface area (Å²) in [6.07, 6.45) is 0.735. The van der Waals surface area contributed by atoms with Gasteiger partial charge >= 0.3 is 0 Å². The predicted molar refractivity (Wildman–Crippen MR) is 115 cm³/mol. The first-order valence-corrected chi connectivity index (χ1v) is 12.4. The smallest absolute Gasteiger partial charge is 0.251 e. The van der Waals surface area contributed by atoms with Gasteiger partial charge in [-0.3, -0.25) is 4.79 Å². The maximum Gasteiger partial charge on any atom is 0.251 e. The van der Waals surface area contributed by atoms with Crippen molar-refractivity contribution < 1.29 is 14.0 Å². The summed E-state index contributed by atoms with van der Waals surface area (Å²) in [6, 6.07) is 14.4. The van der Waals surface area contributed by atoms with E-state index in [4.69, 9.17) is 5.73 Å². The van der Waals surface area contributed by atoms with Crippen LogP contribution in [0, 0.1) is 5.95 Å². The van der Waals surface area contributed by atoms with Crippen LogP contribution in [0.5, 0.6) is 0 Å². The van der Waals surface area contributed by atoms with Gasteiger partial charge in [0.1, 0.15) is 5.82 Å². The number of fused-ring (bicyclic) bond motifs is 1. The Balaban J connectivity index is 1.78. The summed E-state index contributed by atoms with van der Waals surface area (Å²) in [5, 5.41) is 3.69. The Morgan fingerprint density at radius 2 is 1.72 bits per heavy atom. The van der Waals surface area contributed by atoms with E-state index in [-0.39, 0.29) is 11.7 Å². The van der Waals surface area contributed by atoms with Crippen molar-refractivity contribution >= 4 is 25.2 Å². The molecule has 0 saturated heterocycles. The van der Waals surface area contributed by atoms with E-state index in [0.29, 0.717) is 28.8 Å².